The number of allylic oxidation sites excluding steroid dienone is 1. The predicted octanol–water partition coefficient (Wildman–Crippen LogP) is 5.28. The molecular weight excluding hydrogens is 304 g/mol. The van der Waals surface area contributed by atoms with E-state index in [1.807, 2.05) is 12.1 Å². The Morgan fingerprint density at radius 1 is 1.43 bits per heavy atom. The summed E-state index contributed by atoms with van der Waals surface area (Å²) in [5.41, 5.74) is 1.36. The van der Waals surface area contributed by atoms with Crippen molar-refractivity contribution in [1.82, 2.24) is 0 Å². The summed E-state index contributed by atoms with van der Waals surface area (Å²) < 4.78 is 2.33. The molecule has 2 heteroatoms. The van der Waals surface area contributed by atoms with Crippen LogP contribution in [0.5, 0.6) is 0 Å². The minimum atomic E-state index is 0.569. The van der Waals surface area contributed by atoms with E-state index in [4.69, 9.17) is 0 Å². The highest BCUT2D eigenvalue weighted by Crippen LogP contribution is 2.32. The number of benzene rings is 1. The van der Waals surface area contributed by atoms with Crippen molar-refractivity contribution in [1.29, 1.82) is 0 Å². The molecule has 0 radical (unpaired) electrons. The van der Waals surface area contributed by atoms with Crippen LogP contribution in [0.15, 0.2) is 39.8 Å². The molecule has 0 saturated carbocycles. The van der Waals surface area contributed by atoms with Crippen molar-refractivity contribution < 1.29 is 0 Å². The lowest BCUT2D eigenvalue weighted by Gasteiger charge is -2.15. The average Bonchev–Trinajstić information content (AvgIpc) is 2.18. The molecule has 0 aromatic heterocycles. The second kappa shape index (κ2) is 5.72. The van der Waals surface area contributed by atoms with Gasteiger partial charge in [0.05, 0.1) is 0 Å². The van der Waals surface area contributed by atoms with Gasteiger partial charge in [-0.15, -0.1) is 6.58 Å². The maximum atomic E-state index is 3.80. The van der Waals surface area contributed by atoms with E-state index in [-0.39, 0.29) is 0 Å². The van der Waals surface area contributed by atoms with E-state index < -0.39 is 0 Å². The van der Waals surface area contributed by atoms with Gasteiger partial charge in [-0.25, -0.2) is 0 Å². The Kier molecular flexibility index (Phi) is 4.90. The van der Waals surface area contributed by atoms with Gasteiger partial charge in [0.2, 0.25) is 0 Å². The zero-order chi connectivity index (χ0) is 10.6. The Balaban J connectivity index is 3.01. The summed E-state index contributed by atoms with van der Waals surface area (Å²) in [6, 6.07) is 6.32. The lowest BCUT2D eigenvalue weighted by atomic mass is 9.93. The third kappa shape index (κ3) is 2.96. The van der Waals surface area contributed by atoms with Gasteiger partial charge in [-0.3, -0.25) is 0 Å². The van der Waals surface area contributed by atoms with E-state index in [1.54, 1.807) is 0 Å². The molecule has 0 aliphatic rings. The first-order valence-corrected chi connectivity index (χ1v) is 6.33. The van der Waals surface area contributed by atoms with Crippen LogP contribution in [-0.2, 0) is 0 Å². The topological polar surface area (TPSA) is 0 Å². The van der Waals surface area contributed by atoms with E-state index in [1.165, 1.54) is 10.0 Å². The standard InChI is InChI=1S/C12H14Br2/c1-3-5-9(4-2)11-8-10(13)6-7-12(11)14/h3,6-9H,1,4-5H2,2H3. The Morgan fingerprint density at radius 2 is 2.14 bits per heavy atom. The van der Waals surface area contributed by atoms with Crippen LogP contribution in [0.1, 0.15) is 31.2 Å². The van der Waals surface area contributed by atoms with Gasteiger partial charge < -0.3 is 0 Å². The van der Waals surface area contributed by atoms with Gasteiger partial charge in [0.15, 0.2) is 0 Å². The van der Waals surface area contributed by atoms with E-state index in [0.29, 0.717) is 5.92 Å². The third-order valence-corrected chi connectivity index (χ3v) is 3.56. The average molecular weight is 318 g/mol. The Hall–Kier alpha value is -0.0800. The summed E-state index contributed by atoms with van der Waals surface area (Å²) in [7, 11) is 0. The molecule has 1 atom stereocenters. The zero-order valence-electron chi connectivity index (χ0n) is 8.26. The van der Waals surface area contributed by atoms with Crippen molar-refractivity contribution in [2.75, 3.05) is 0 Å². The van der Waals surface area contributed by atoms with E-state index in [2.05, 4.69) is 57.5 Å². The molecular formula is C12H14Br2. The molecule has 1 aromatic rings. The molecule has 0 aliphatic heterocycles. The molecule has 1 aromatic carbocycles. The fourth-order valence-electron chi connectivity index (χ4n) is 1.54. The summed E-state index contributed by atoms with van der Waals surface area (Å²) in [4.78, 5) is 0. The Morgan fingerprint density at radius 3 is 2.71 bits per heavy atom. The van der Waals surface area contributed by atoms with Crippen molar-refractivity contribution in [2.45, 2.75) is 25.7 Å². The minimum absolute atomic E-state index is 0.569. The van der Waals surface area contributed by atoms with E-state index >= 15 is 0 Å². The van der Waals surface area contributed by atoms with Gasteiger partial charge in [0.1, 0.15) is 0 Å². The van der Waals surface area contributed by atoms with Crippen LogP contribution in [0.3, 0.4) is 0 Å². The summed E-state index contributed by atoms with van der Waals surface area (Å²) in [6.45, 7) is 6.01. The molecule has 1 rings (SSSR count). The Labute approximate surface area is 103 Å². The summed E-state index contributed by atoms with van der Waals surface area (Å²) in [6.07, 6.45) is 4.16. The van der Waals surface area contributed by atoms with Gasteiger partial charge in [-0.05, 0) is 42.5 Å². The first kappa shape index (κ1) is 12.0. The Bertz CT molecular complexity index is 318. The summed E-state index contributed by atoms with van der Waals surface area (Å²) in [5, 5.41) is 0. The van der Waals surface area contributed by atoms with Crippen molar-refractivity contribution in [3.63, 3.8) is 0 Å². The number of rotatable bonds is 4. The van der Waals surface area contributed by atoms with Gasteiger partial charge in [-0.2, -0.15) is 0 Å². The normalized spacial score (nSPS) is 12.5. The van der Waals surface area contributed by atoms with Gasteiger partial charge in [0, 0.05) is 8.95 Å². The quantitative estimate of drug-likeness (QED) is 0.663. The molecule has 14 heavy (non-hydrogen) atoms. The minimum Gasteiger partial charge on any atom is -0.103 e. The van der Waals surface area contributed by atoms with Crippen molar-refractivity contribution in [3.05, 3.63) is 45.4 Å². The maximum absolute atomic E-state index is 3.80. The van der Waals surface area contributed by atoms with Crippen LogP contribution >= 0.6 is 31.9 Å². The van der Waals surface area contributed by atoms with E-state index in [9.17, 15) is 0 Å². The molecule has 0 nitrogen and oxygen atoms in total. The van der Waals surface area contributed by atoms with Crippen molar-refractivity contribution in [2.24, 2.45) is 0 Å². The van der Waals surface area contributed by atoms with Crippen LogP contribution in [0, 0.1) is 0 Å². The fraction of sp³-hybridized carbons (Fsp3) is 0.333. The van der Waals surface area contributed by atoms with E-state index in [0.717, 1.165) is 17.3 Å². The molecule has 0 N–H and O–H groups in total. The van der Waals surface area contributed by atoms with Crippen LogP contribution in [0.2, 0.25) is 0 Å². The van der Waals surface area contributed by atoms with Crippen molar-refractivity contribution in [3.8, 4) is 0 Å². The number of hydrogen-bond acceptors (Lipinski definition) is 0. The number of hydrogen-bond donors (Lipinski definition) is 0. The molecule has 76 valence electrons. The highest BCUT2D eigenvalue weighted by atomic mass is 79.9. The van der Waals surface area contributed by atoms with Crippen LogP contribution in [-0.4, -0.2) is 0 Å². The third-order valence-electron chi connectivity index (χ3n) is 2.34. The molecule has 0 saturated heterocycles. The van der Waals surface area contributed by atoms with Crippen LogP contribution < -0.4 is 0 Å². The molecule has 0 amide bonds. The first-order chi connectivity index (χ1) is 6.69. The van der Waals surface area contributed by atoms with Gasteiger partial charge in [0.25, 0.3) is 0 Å². The molecule has 1 unspecified atom stereocenters. The molecule has 0 bridgehead atoms. The summed E-state index contributed by atoms with van der Waals surface area (Å²) >= 11 is 7.08. The molecule has 0 spiro atoms. The second-order valence-corrected chi connectivity index (χ2v) is 5.07. The second-order valence-electron chi connectivity index (χ2n) is 3.30. The highest BCUT2D eigenvalue weighted by Gasteiger charge is 2.11. The number of halogens is 2. The van der Waals surface area contributed by atoms with Crippen molar-refractivity contribution >= 4 is 31.9 Å². The predicted molar refractivity (Wildman–Crippen MR) is 69.7 cm³/mol. The lowest BCUT2D eigenvalue weighted by molar-refractivity contribution is 0.672. The monoisotopic (exact) mass is 316 g/mol. The molecule has 0 heterocycles. The lowest BCUT2D eigenvalue weighted by Crippen LogP contribution is -1.97. The largest absolute Gasteiger partial charge is 0.103 e. The van der Waals surface area contributed by atoms with Gasteiger partial charge in [-0.1, -0.05) is 44.9 Å². The molecule has 0 fully saturated rings. The molecule has 0 aliphatic carbocycles. The zero-order valence-corrected chi connectivity index (χ0v) is 11.4. The van der Waals surface area contributed by atoms with Gasteiger partial charge >= 0.3 is 0 Å². The summed E-state index contributed by atoms with van der Waals surface area (Å²) in [5.74, 6) is 0.569. The van der Waals surface area contributed by atoms with Crippen LogP contribution in [0.25, 0.3) is 0 Å². The SMILES string of the molecule is C=CCC(CC)c1cc(Br)ccc1Br. The fourth-order valence-corrected chi connectivity index (χ4v) is 2.49. The van der Waals surface area contributed by atoms with Crippen LogP contribution in [0.4, 0.5) is 0 Å². The first-order valence-electron chi connectivity index (χ1n) is 4.74. The maximum Gasteiger partial charge on any atom is 0.0211 e. The highest BCUT2D eigenvalue weighted by molar-refractivity contribution is 9.11. The smallest absolute Gasteiger partial charge is 0.0211 e.